The van der Waals surface area contributed by atoms with Gasteiger partial charge in [0.2, 0.25) is 0 Å². The van der Waals surface area contributed by atoms with Gasteiger partial charge in [-0.3, -0.25) is 9.69 Å². The molecule has 0 amide bonds. The normalized spacial score (nSPS) is 13.0. The van der Waals surface area contributed by atoms with Crippen molar-refractivity contribution in [2.45, 2.75) is 19.9 Å². The third-order valence-electron chi connectivity index (χ3n) is 3.17. The monoisotopic (exact) mass is 266 g/mol. The van der Waals surface area contributed by atoms with Crippen LogP contribution < -0.4 is 0 Å². The maximum Gasteiger partial charge on any atom is 0.176 e. The molecule has 0 N–H and O–H groups in total. The lowest BCUT2D eigenvalue weighted by Gasteiger charge is -2.29. The van der Waals surface area contributed by atoms with Crippen LogP contribution in [0.5, 0.6) is 0 Å². The highest BCUT2D eigenvalue weighted by Crippen LogP contribution is 2.07. The van der Waals surface area contributed by atoms with E-state index in [0.717, 1.165) is 13.1 Å². The van der Waals surface area contributed by atoms with E-state index in [-0.39, 0.29) is 11.6 Å². The van der Waals surface area contributed by atoms with Gasteiger partial charge in [0.05, 0.1) is 6.54 Å². The van der Waals surface area contributed by atoms with Crippen molar-refractivity contribution in [3.63, 3.8) is 0 Å². The highest BCUT2D eigenvalue weighted by atomic mass is 19.1. The van der Waals surface area contributed by atoms with Crippen molar-refractivity contribution in [1.82, 2.24) is 9.80 Å². The van der Waals surface area contributed by atoms with Crippen LogP contribution >= 0.6 is 0 Å². The fourth-order valence-corrected chi connectivity index (χ4v) is 2.13. The summed E-state index contributed by atoms with van der Waals surface area (Å²) >= 11 is 0. The molecule has 0 radical (unpaired) electrons. The highest BCUT2D eigenvalue weighted by Gasteiger charge is 2.17. The second kappa shape index (κ2) is 7.36. The van der Waals surface area contributed by atoms with Gasteiger partial charge in [-0.2, -0.15) is 0 Å². The Hall–Kier alpha value is -1.26. The SMILES string of the molecule is CCN(CC(=O)c1ccc(F)cc1)C(C)CN(C)C. The van der Waals surface area contributed by atoms with Crippen LogP contribution in [0.1, 0.15) is 24.2 Å². The largest absolute Gasteiger partial charge is 0.308 e. The Bertz CT molecular complexity index is 403. The number of Topliss-reactive ketones (excluding diaryl/α,β-unsaturated/α-hetero) is 1. The number of benzene rings is 1. The van der Waals surface area contributed by atoms with Gasteiger partial charge < -0.3 is 4.90 Å². The Kier molecular flexibility index (Phi) is 6.12. The molecular formula is C15H23FN2O. The molecule has 0 aliphatic carbocycles. The minimum atomic E-state index is -0.315. The van der Waals surface area contributed by atoms with Gasteiger partial charge >= 0.3 is 0 Å². The van der Waals surface area contributed by atoms with Crippen LogP contribution in [0.15, 0.2) is 24.3 Å². The molecule has 0 heterocycles. The van der Waals surface area contributed by atoms with Gasteiger partial charge in [-0.25, -0.2) is 4.39 Å². The van der Waals surface area contributed by atoms with E-state index in [1.165, 1.54) is 12.1 Å². The summed E-state index contributed by atoms with van der Waals surface area (Å²) < 4.78 is 12.8. The Labute approximate surface area is 115 Å². The van der Waals surface area contributed by atoms with E-state index in [2.05, 4.69) is 16.7 Å². The van der Waals surface area contributed by atoms with Gasteiger partial charge in [-0.1, -0.05) is 6.92 Å². The third kappa shape index (κ3) is 5.09. The van der Waals surface area contributed by atoms with E-state index in [0.29, 0.717) is 18.2 Å². The predicted octanol–water partition coefficient (Wildman–Crippen LogP) is 2.28. The van der Waals surface area contributed by atoms with Gasteiger partial charge in [-0.05, 0) is 51.8 Å². The number of likely N-dealkylation sites (N-methyl/N-ethyl adjacent to an activating group) is 2. The maximum atomic E-state index is 12.8. The van der Waals surface area contributed by atoms with E-state index in [4.69, 9.17) is 0 Å². The number of ketones is 1. The molecule has 0 spiro atoms. The first-order chi connectivity index (χ1) is 8.93. The number of hydrogen-bond acceptors (Lipinski definition) is 3. The molecule has 0 saturated heterocycles. The first kappa shape index (κ1) is 15.8. The van der Waals surface area contributed by atoms with Crippen LogP contribution in [0, 0.1) is 5.82 Å². The fourth-order valence-electron chi connectivity index (χ4n) is 2.13. The lowest BCUT2D eigenvalue weighted by molar-refractivity contribution is 0.0888. The first-order valence-electron chi connectivity index (χ1n) is 6.61. The summed E-state index contributed by atoms with van der Waals surface area (Å²) in [4.78, 5) is 16.4. The summed E-state index contributed by atoms with van der Waals surface area (Å²) in [5.74, 6) is -0.280. The summed E-state index contributed by atoms with van der Waals surface area (Å²) in [6.07, 6.45) is 0. The molecule has 0 saturated carbocycles. The van der Waals surface area contributed by atoms with E-state index >= 15 is 0 Å². The van der Waals surface area contributed by atoms with Gasteiger partial charge in [-0.15, -0.1) is 0 Å². The van der Waals surface area contributed by atoms with Crippen molar-refractivity contribution < 1.29 is 9.18 Å². The number of carbonyl (C=O) groups excluding carboxylic acids is 1. The van der Waals surface area contributed by atoms with Crippen LogP contribution in [-0.2, 0) is 0 Å². The molecule has 0 aliphatic heterocycles. The van der Waals surface area contributed by atoms with E-state index in [9.17, 15) is 9.18 Å². The summed E-state index contributed by atoms with van der Waals surface area (Å²) in [5.41, 5.74) is 0.567. The zero-order chi connectivity index (χ0) is 14.4. The van der Waals surface area contributed by atoms with E-state index in [1.54, 1.807) is 12.1 Å². The quantitative estimate of drug-likeness (QED) is 0.707. The van der Waals surface area contributed by atoms with Crippen molar-refractivity contribution in [2.24, 2.45) is 0 Å². The second-order valence-corrected chi connectivity index (χ2v) is 5.10. The molecule has 3 nitrogen and oxygen atoms in total. The number of halogens is 1. The van der Waals surface area contributed by atoms with Gasteiger partial charge in [0, 0.05) is 18.2 Å². The van der Waals surface area contributed by atoms with Gasteiger partial charge in [0.1, 0.15) is 5.82 Å². The Morgan fingerprint density at radius 1 is 1.26 bits per heavy atom. The minimum Gasteiger partial charge on any atom is -0.308 e. The summed E-state index contributed by atoms with van der Waals surface area (Å²) in [6.45, 7) is 6.26. The van der Waals surface area contributed by atoms with Crippen molar-refractivity contribution in [2.75, 3.05) is 33.7 Å². The molecule has 0 aromatic heterocycles. The van der Waals surface area contributed by atoms with Crippen molar-refractivity contribution in [3.8, 4) is 0 Å². The Morgan fingerprint density at radius 2 is 1.84 bits per heavy atom. The topological polar surface area (TPSA) is 23.6 Å². The lowest BCUT2D eigenvalue weighted by Crippen LogP contribution is -2.42. The Morgan fingerprint density at radius 3 is 2.32 bits per heavy atom. The van der Waals surface area contributed by atoms with Crippen LogP contribution in [0.4, 0.5) is 4.39 Å². The molecule has 0 bridgehead atoms. The molecule has 0 aliphatic rings. The zero-order valence-electron chi connectivity index (χ0n) is 12.2. The molecular weight excluding hydrogens is 243 g/mol. The molecule has 4 heteroatoms. The van der Waals surface area contributed by atoms with E-state index < -0.39 is 0 Å². The number of rotatable bonds is 7. The highest BCUT2D eigenvalue weighted by molar-refractivity contribution is 5.97. The van der Waals surface area contributed by atoms with Crippen LogP contribution in [0.25, 0.3) is 0 Å². The molecule has 0 fully saturated rings. The molecule has 1 aromatic rings. The smallest absolute Gasteiger partial charge is 0.176 e. The van der Waals surface area contributed by atoms with Crippen LogP contribution in [0.3, 0.4) is 0 Å². The second-order valence-electron chi connectivity index (χ2n) is 5.10. The number of hydrogen-bond donors (Lipinski definition) is 0. The molecule has 106 valence electrons. The summed E-state index contributed by atoms with van der Waals surface area (Å²) in [5, 5.41) is 0. The van der Waals surface area contributed by atoms with Crippen LogP contribution in [0.2, 0.25) is 0 Å². The summed E-state index contributed by atoms with van der Waals surface area (Å²) in [7, 11) is 4.04. The Balaban J connectivity index is 2.65. The average Bonchev–Trinajstić information content (AvgIpc) is 2.35. The minimum absolute atomic E-state index is 0.0347. The van der Waals surface area contributed by atoms with E-state index in [1.807, 2.05) is 21.0 Å². The maximum absolute atomic E-state index is 12.8. The number of nitrogens with zero attached hydrogens (tertiary/aromatic N) is 2. The summed E-state index contributed by atoms with van der Waals surface area (Å²) in [6, 6.07) is 6.05. The number of carbonyl (C=O) groups is 1. The van der Waals surface area contributed by atoms with Gasteiger partial charge in [0.15, 0.2) is 5.78 Å². The molecule has 19 heavy (non-hydrogen) atoms. The molecule has 1 rings (SSSR count). The average molecular weight is 266 g/mol. The molecule has 1 aromatic carbocycles. The van der Waals surface area contributed by atoms with Crippen molar-refractivity contribution in [3.05, 3.63) is 35.6 Å². The fraction of sp³-hybridized carbons (Fsp3) is 0.533. The van der Waals surface area contributed by atoms with Crippen LogP contribution in [-0.4, -0.2) is 55.4 Å². The predicted molar refractivity (Wildman–Crippen MR) is 76.0 cm³/mol. The van der Waals surface area contributed by atoms with Crippen molar-refractivity contribution >= 4 is 5.78 Å². The van der Waals surface area contributed by atoms with Gasteiger partial charge in [0.25, 0.3) is 0 Å². The molecule has 1 unspecified atom stereocenters. The zero-order valence-corrected chi connectivity index (χ0v) is 12.2. The molecule has 1 atom stereocenters. The lowest BCUT2D eigenvalue weighted by atomic mass is 10.1. The van der Waals surface area contributed by atoms with Crippen molar-refractivity contribution in [1.29, 1.82) is 0 Å². The first-order valence-corrected chi connectivity index (χ1v) is 6.61. The third-order valence-corrected chi connectivity index (χ3v) is 3.17. The standard InChI is InChI=1S/C15H23FN2O/c1-5-18(12(2)10-17(3)4)11-15(19)13-6-8-14(16)9-7-13/h6-9,12H,5,10-11H2,1-4H3.